The Morgan fingerprint density at radius 1 is 1.31 bits per heavy atom. The van der Waals surface area contributed by atoms with E-state index in [0.717, 1.165) is 11.8 Å². The first-order valence-electron chi connectivity index (χ1n) is 9.17. The monoisotopic (exact) mass is 416 g/mol. The lowest BCUT2D eigenvalue weighted by atomic mass is 10.2. The van der Waals surface area contributed by atoms with E-state index in [4.69, 9.17) is 9.47 Å². The van der Waals surface area contributed by atoms with Gasteiger partial charge in [-0.15, -0.1) is 0 Å². The summed E-state index contributed by atoms with van der Waals surface area (Å²) in [5, 5.41) is 2.81. The standard InChI is InChI=1S/C21H24N2O5S/c1-4-13-27-17-8-6-16(7-9-17)22-21(24)20-11-12-23(29(3,25)26)18-14-15(2)5-10-19(18)28-20/h4-10,14,20H,1,11-13H2,2-3H3,(H,22,24)/t20-/m1/s1. The summed E-state index contributed by atoms with van der Waals surface area (Å²) >= 11 is 0. The topological polar surface area (TPSA) is 84.9 Å². The number of nitrogens with zero attached hydrogens (tertiary/aromatic N) is 1. The molecule has 0 fully saturated rings. The lowest BCUT2D eigenvalue weighted by molar-refractivity contribution is -0.122. The summed E-state index contributed by atoms with van der Waals surface area (Å²) in [6, 6.07) is 12.2. The molecule has 1 amide bonds. The highest BCUT2D eigenvalue weighted by Gasteiger charge is 2.31. The minimum absolute atomic E-state index is 0.154. The van der Waals surface area contributed by atoms with Crippen molar-refractivity contribution in [2.45, 2.75) is 19.4 Å². The summed E-state index contributed by atoms with van der Waals surface area (Å²) in [6.45, 7) is 6.02. The van der Waals surface area contributed by atoms with Crippen LogP contribution >= 0.6 is 0 Å². The van der Waals surface area contributed by atoms with Gasteiger partial charge in [-0.2, -0.15) is 0 Å². The zero-order chi connectivity index (χ0) is 21.0. The molecule has 0 aliphatic carbocycles. The van der Waals surface area contributed by atoms with E-state index in [1.807, 2.05) is 13.0 Å². The Bertz CT molecular complexity index is 1000. The second-order valence-corrected chi connectivity index (χ2v) is 8.72. The van der Waals surface area contributed by atoms with Crippen molar-refractivity contribution in [1.82, 2.24) is 0 Å². The summed E-state index contributed by atoms with van der Waals surface area (Å²) < 4.78 is 37.1. The van der Waals surface area contributed by atoms with Gasteiger partial charge in [0.1, 0.15) is 18.1 Å². The summed E-state index contributed by atoms with van der Waals surface area (Å²) in [6.07, 6.45) is 2.21. The maximum absolute atomic E-state index is 12.8. The normalized spacial score (nSPS) is 16.2. The van der Waals surface area contributed by atoms with E-state index in [1.54, 1.807) is 42.5 Å². The smallest absolute Gasteiger partial charge is 0.265 e. The molecule has 1 N–H and O–H groups in total. The summed E-state index contributed by atoms with van der Waals surface area (Å²) in [7, 11) is -3.50. The average Bonchev–Trinajstić information content (AvgIpc) is 2.86. The maximum Gasteiger partial charge on any atom is 0.265 e. The fourth-order valence-corrected chi connectivity index (χ4v) is 3.97. The molecule has 0 saturated carbocycles. The molecular weight excluding hydrogens is 392 g/mol. The third-order valence-corrected chi connectivity index (χ3v) is 5.61. The van der Waals surface area contributed by atoms with Gasteiger partial charge in [0.05, 0.1) is 11.9 Å². The highest BCUT2D eigenvalue weighted by atomic mass is 32.2. The Kier molecular flexibility index (Phi) is 6.12. The number of fused-ring (bicyclic) bond motifs is 1. The Balaban J connectivity index is 1.77. The zero-order valence-corrected chi connectivity index (χ0v) is 17.2. The molecule has 0 bridgehead atoms. The number of hydrogen-bond donors (Lipinski definition) is 1. The van der Waals surface area contributed by atoms with E-state index >= 15 is 0 Å². The molecule has 2 aromatic rings. The maximum atomic E-state index is 12.8. The van der Waals surface area contributed by atoms with Crippen molar-refractivity contribution in [3.8, 4) is 11.5 Å². The number of nitrogens with one attached hydrogen (secondary N) is 1. The van der Waals surface area contributed by atoms with Gasteiger partial charge in [-0.05, 0) is 48.9 Å². The second-order valence-electron chi connectivity index (χ2n) is 6.81. The van der Waals surface area contributed by atoms with Crippen LogP contribution in [0.25, 0.3) is 0 Å². The number of carbonyl (C=O) groups excluding carboxylic acids is 1. The lowest BCUT2D eigenvalue weighted by Gasteiger charge is -2.21. The molecule has 1 heterocycles. The van der Waals surface area contributed by atoms with Crippen LogP contribution in [0.4, 0.5) is 11.4 Å². The average molecular weight is 416 g/mol. The van der Waals surface area contributed by atoms with Gasteiger partial charge < -0.3 is 14.8 Å². The molecule has 3 rings (SSSR count). The van der Waals surface area contributed by atoms with E-state index < -0.39 is 16.1 Å². The molecular formula is C21H24N2O5S. The van der Waals surface area contributed by atoms with Crippen LogP contribution in [-0.2, 0) is 14.8 Å². The summed E-state index contributed by atoms with van der Waals surface area (Å²) in [4.78, 5) is 12.8. The number of amides is 1. The number of carbonyl (C=O) groups is 1. The van der Waals surface area contributed by atoms with Crippen molar-refractivity contribution in [1.29, 1.82) is 0 Å². The van der Waals surface area contributed by atoms with Crippen LogP contribution in [0.3, 0.4) is 0 Å². The molecule has 1 aliphatic heterocycles. The fourth-order valence-electron chi connectivity index (χ4n) is 3.03. The van der Waals surface area contributed by atoms with Gasteiger partial charge in [-0.1, -0.05) is 18.7 Å². The van der Waals surface area contributed by atoms with Crippen LogP contribution < -0.4 is 19.1 Å². The largest absolute Gasteiger partial charge is 0.490 e. The Hall–Kier alpha value is -3.00. The van der Waals surface area contributed by atoms with Crippen molar-refractivity contribution in [3.05, 3.63) is 60.7 Å². The van der Waals surface area contributed by atoms with Crippen molar-refractivity contribution < 1.29 is 22.7 Å². The predicted molar refractivity (Wildman–Crippen MR) is 113 cm³/mol. The van der Waals surface area contributed by atoms with Crippen LogP contribution in [-0.4, -0.2) is 39.8 Å². The number of anilines is 2. The van der Waals surface area contributed by atoms with Crippen LogP contribution in [0.15, 0.2) is 55.1 Å². The molecule has 1 atom stereocenters. The van der Waals surface area contributed by atoms with Crippen molar-refractivity contribution >= 4 is 27.3 Å². The van der Waals surface area contributed by atoms with Gasteiger partial charge in [-0.25, -0.2) is 8.42 Å². The molecule has 0 radical (unpaired) electrons. The van der Waals surface area contributed by atoms with Gasteiger partial charge in [0.15, 0.2) is 6.10 Å². The van der Waals surface area contributed by atoms with E-state index in [9.17, 15) is 13.2 Å². The zero-order valence-electron chi connectivity index (χ0n) is 16.4. The van der Waals surface area contributed by atoms with Crippen LogP contribution in [0.1, 0.15) is 12.0 Å². The highest BCUT2D eigenvalue weighted by Crippen LogP contribution is 2.35. The molecule has 2 aromatic carbocycles. The molecule has 8 heteroatoms. The quantitative estimate of drug-likeness (QED) is 0.732. The van der Waals surface area contributed by atoms with Gasteiger partial charge >= 0.3 is 0 Å². The third-order valence-electron chi connectivity index (χ3n) is 4.43. The molecule has 154 valence electrons. The molecule has 0 unspecified atom stereocenters. The van der Waals surface area contributed by atoms with E-state index in [2.05, 4.69) is 11.9 Å². The van der Waals surface area contributed by atoms with Crippen molar-refractivity contribution in [2.24, 2.45) is 0 Å². The molecule has 1 aliphatic rings. The Morgan fingerprint density at radius 2 is 2.03 bits per heavy atom. The number of rotatable bonds is 6. The van der Waals surface area contributed by atoms with Crippen molar-refractivity contribution in [2.75, 3.05) is 29.0 Å². The number of hydrogen-bond acceptors (Lipinski definition) is 5. The van der Waals surface area contributed by atoms with Crippen molar-refractivity contribution in [3.63, 3.8) is 0 Å². The number of sulfonamides is 1. The minimum atomic E-state index is -3.50. The van der Waals surface area contributed by atoms with E-state index in [1.165, 1.54) is 4.31 Å². The number of benzene rings is 2. The van der Waals surface area contributed by atoms with Crippen LogP contribution in [0.2, 0.25) is 0 Å². The van der Waals surface area contributed by atoms with Gasteiger partial charge in [-0.3, -0.25) is 9.10 Å². The molecule has 0 aromatic heterocycles. The van der Waals surface area contributed by atoms with Crippen LogP contribution in [0.5, 0.6) is 11.5 Å². The molecule has 0 spiro atoms. The Labute approximate surface area is 171 Å². The number of aryl methyl sites for hydroxylation is 1. The van der Waals surface area contributed by atoms with Gasteiger partial charge in [0.25, 0.3) is 5.91 Å². The Morgan fingerprint density at radius 3 is 2.69 bits per heavy atom. The number of ether oxygens (including phenoxy) is 2. The third kappa shape index (κ3) is 5.08. The van der Waals surface area contributed by atoms with Gasteiger partial charge in [0.2, 0.25) is 10.0 Å². The first kappa shape index (κ1) is 20.7. The molecule has 29 heavy (non-hydrogen) atoms. The fraction of sp³-hybridized carbons (Fsp3) is 0.286. The molecule has 0 saturated heterocycles. The first-order chi connectivity index (χ1) is 13.8. The minimum Gasteiger partial charge on any atom is -0.490 e. The molecule has 7 nitrogen and oxygen atoms in total. The predicted octanol–water partition coefficient (Wildman–Crippen LogP) is 3.12. The van der Waals surface area contributed by atoms with Crippen LogP contribution in [0, 0.1) is 6.92 Å². The first-order valence-corrected chi connectivity index (χ1v) is 11.0. The summed E-state index contributed by atoms with van der Waals surface area (Å²) in [5.41, 5.74) is 1.95. The van der Waals surface area contributed by atoms with E-state index in [-0.39, 0.29) is 18.9 Å². The second kappa shape index (κ2) is 8.57. The SMILES string of the molecule is C=CCOc1ccc(NC(=O)[C@H]2CCN(S(C)(=O)=O)c3cc(C)ccc3O2)cc1. The summed E-state index contributed by atoms with van der Waals surface area (Å²) in [5.74, 6) is 0.695. The van der Waals surface area contributed by atoms with E-state index in [0.29, 0.717) is 29.5 Å². The van der Waals surface area contributed by atoms with Gasteiger partial charge in [0, 0.05) is 18.7 Å². The highest BCUT2D eigenvalue weighted by molar-refractivity contribution is 7.92. The lowest BCUT2D eigenvalue weighted by Crippen LogP contribution is -2.35.